The van der Waals surface area contributed by atoms with Crippen molar-refractivity contribution in [1.29, 1.82) is 0 Å². The Labute approximate surface area is 105 Å². The molecule has 88 valence electrons. The van der Waals surface area contributed by atoms with Gasteiger partial charge in [0, 0.05) is 23.5 Å². The molecule has 1 aromatic rings. The van der Waals surface area contributed by atoms with Crippen LogP contribution in [-0.2, 0) is 6.54 Å². The highest BCUT2D eigenvalue weighted by atomic mass is 35.5. The molecule has 16 heavy (non-hydrogen) atoms. The van der Waals surface area contributed by atoms with E-state index in [1.165, 1.54) is 6.42 Å². The lowest BCUT2D eigenvalue weighted by Crippen LogP contribution is -2.52. The van der Waals surface area contributed by atoms with Crippen LogP contribution in [0.4, 0.5) is 4.39 Å². The van der Waals surface area contributed by atoms with Crippen molar-refractivity contribution in [1.82, 2.24) is 5.32 Å². The molecule has 0 aromatic heterocycles. The van der Waals surface area contributed by atoms with E-state index in [2.05, 4.69) is 5.32 Å². The first kappa shape index (κ1) is 12.2. The van der Waals surface area contributed by atoms with Crippen LogP contribution in [0.25, 0.3) is 0 Å². The molecule has 1 aliphatic carbocycles. The number of hydrogen-bond donors (Lipinski definition) is 1. The van der Waals surface area contributed by atoms with Gasteiger partial charge in [0.05, 0.1) is 5.02 Å². The van der Waals surface area contributed by atoms with Gasteiger partial charge in [-0.2, -0.15) is 0 Å². The minimum Gasteiger partial charge on any atom is -0.306 e. The number of hydrogen-bond acceptors (Lipinski definition) is 1. The average molecular weight is 262 g/mol. The highest BCUT2D eigenvalue weighted by Crippen LogP contribution is 2.33. The molecule has 0 saturated heterocycles. The lowest BCUT2D eigenvalue weighted by molar-refractivity contribution is 0.210. The molecule has 0 unspecified atom stereocenters. The standard InChI is InChI=1S/C12H14Cl2FN/c13-8-12(5-2-6-12)16-7-9-3-1-4-10(14)11(9)15/h1,3-4,16H,2,5-8H2. The molecule has 1 saturated carbocycles. The van der Waals surface area contributed by atoms with Gasteiger partial charge in [0.25, 0.3) is 0 Å². The fourth-order valence-electron chi connectivity index (χ4n) is 1.93. The monoisotopic (exact) mass is 261 g/mol. The fraction of sp³-hybridized carbons (Fsp3) is 0.500. The van der Waals surface area contributed by atoms with Crippen LogP contribution in [-0.4, -0.2) is 11.4 Å². The van der Waals surface area contributed by atoms with Gasteiger partial charge in [-0.3, -0.25) is 0 Å². The SMILES string of the molecule is Fc1c(Cl)cccc1CNC1(CCl)CCC1. The third-order valence-corrected chi connectivity index (χ3v) is 4.06. The normalized spacial score (nSPS) is 18.2. The van der Waals surface area contributed by atoms with E-state index in [1.807, 2.05) is 0 Å². The maximum absolute atomic E-state index is 13.6. The Kier molecular flexibility index (Phi) is 3.73. The van der Waals surface area contributed by atoms with Crippen LogP contribution >= 0.6 is 23.2 Å². The van der Waals surface area contributed by atoms with E-state index in [9.17, 15) is 4.39 Å². The number of halogens is 3. The summed E-state index contributed by atoms with van der Waals surface area (Å²) in [7, 11) is 0. The third kappa shape index (κ3) is 2.34. The van der Waals surface area contributed by atoms with Crippen molar-refractivity contribution in [3.8, 4) is 0 Å². The molecule has 1 N–H and O–H groups in total. The second-order valence-electron chi connectivity index (χ2n) is 4.33. The van der Waals surface area contributed by atoms with Gasteiger partial charge in [0.1, 0.15) is 5.82 Å². The number of nitrogens with one attached hydrogen (secondary N) is 1. The van der Waals surface area contributed by atoms with Gasteiger partial charge in [0.15, 0.2) is 0 Å². The summed E-state index contributed by atoms with van der Waals surface area (Å²) >= 11 is 11.6. The molecule has 0 bridgehead atoms. The highest BCUT2D eigenvalue weighted by molar-refractivity contribution is 6.30. The molecule has 1 aliphatic rings. The molecule has 1 aromatic carbocycles. The van der Waals surface area contributed by atoms with Gasteiger partial charge >= 0.3 is 0 Å². The summed E-state index contributed by atoms with van der Waals surface area (Å²) in [5, 5.41) is 3.51. The van der Waals surface area contributed by atoms with Crippen molar-refractivity contribution < 1.29 is 4.39 Å². The Balaban J connectivity index is 2.02. The zero-order valence-corrected chi connectivity index (χ0v) is 10.4. The first-order valence-corrected chi connectivity index (χ1v) is 6.32. The smallest absolute Gasteiger partial charge is 0.146 e. The maximum Gasteiger partial charge on any atom is 0.146 e. The number of benzene rings is 1. The predicted octanol–water partition coefficient (Wildman–Crippen LogP) is 3.73. The van der Waals surface area contributed by atoms with Crippen molar-refractivity contribution in [3.63, 3.8) is 0 Å². The Morgan fingerprint density at radius 3 is 2.69 bits per heavy atom. The Morgan fingerprint density at radius 1 is 1.38 bits per heavy atom. The van der Waals surface area contributed by atoms with Gasteiger partial charge in [-0.1, -0.05) is 23.7 Å². The van der Waals surface area contributed by atoms with Crippen molar-refractivity contribution in [2.24, 2.45) is 0 Å². The largest absolute Gasteiger partial charge is 0.306 e. The molecule has 0 aliphatic heterocycles. The van der Waals surface area contributed by atoms with Gasteiger partial charge in [0.2, 0.25) is 0 Å². The summed E-state index contributed by atoms with van der Waals surface area (Å²) < 4.78 is 13.6. The van der Waals surface area contributed by atoms with Crippen LogP contribution in [0.3, 0.4) is 0 Å². The number of rotatable bonds is 4. The molecule has 2 rings (SSSR count). The van der Waals surface area contributed by atoms with Crippen molar-refractivity contribution in [2.75, 3.05) is 5.88 Å². The molecular weight excluding hydrogens is 248 g/mol. The van der Waals surface area contributed by atoms with Crippen molar-refractivity contribution in [2.45, 2.75) is 31.3 Å². The van der Waals surface area contributed by atoms with Gasteiger partial charge in [-0.25, -0.2) is 4.39 Å². The van der Waals surface area contributed by atoms with E-state index in [4.69, 9.17) is 23.2 Å². The second kappa shape index (κ2) is 4.91. The zero-order chi connectivity index (χ0) is 11.6. The molecule has 4 heteroatoms. The van der Waals surface area contributed by atoms with Crippen LogP contribution in [0.2, 0.25) is 5.02 Å². The lowest BCUT2D eigenvalue weighted by atomic mass is 9.78. The Bertz CT molecular complexity index is 372. The highest BCUT2D eigenvalue weighted by Gasteiger charge is 2.35. The van der Waals surface area contributed by atoms with Gasteiger partial charge in [-0.05, 0) is 25.3 Å². The molecule has 1 fully saturated rings. The van der Waals surface area contributed by atoms with E-state index in [0.717, 1.165) is 12.8 Å². The quantitative estimate of drug-likeness (QED) is 0.815. The summed E-state index contributed by atoms with van der Waals surface area (Å²) in [5.41, 5.74) is 0.611. The van der Waals surface area contributed by atoms with Crippen LogP contribution in [0.1, 0.15) is 24.8 Å². The minimum absolute atomic E-state index is 0.0102. The predicted molar refractivity (Wildman–Crippen MR) is 65.6 cm³/mol. The van der Waals surface area contributed by atoms with E-state index in [-0.39, 0.29) is 16.4 Å². The molecule has 0 spiro atoms. The first-order chi connectivity index (χ1) is 7.67. The van der Waals surface area contributed by atoms with E-state index in [1.54, 1.807) is 18.2 Å². The number of alkyl halides is 1. The molecule has 1 nitrogen and oxygen atoms in total. The topological polar surface area (TPSA) is 12.0 Å². The average Bonchev–Trinajstić information content (AvgIpc) is 2.23. The summed E-state index contributed by atoms with van der Waals surface area (Å²) in [6, 6.07) is 5.06. The zero-order valence-electron chi connectivity index (χ0n) is 8.90. The Hall–Kier alpha value is -0.310. The maximum atomic E-state index is 13.6. The van der Waals surface area contributed by atoms with Crippen molar-refractivity contribution >= 4 is 23.2 Å². The lowest BCUT2D eigenvalue weighted by Gasteiger charge is -2.41. The molecule has 0 heterocycles. The molecular formula is C12H14Cl2FN. The van der Waals surface area contributed by atoms with Crippen LogP contribution in [0.5, 0.6) is 0 Å². The van der Waals surface area contributed by atoms with Gasteiger partial charge in [-0.15, -0.1) is 11.6 Å². The van der Waals surface area contributed by atoms with Crippen LogP contribution in [0.15, 0.2) is 18.2 Å². The third-order valence-electron chi connectivity index (χ3n) is 3.25. The van der Waals surface area contributed by atoms with Crippen molar-refractivity contribution in [3.05, 3.63) is 34.6 Å². The molecule has 0 atom stereocenters. The van der Waals surface area contributed by atoms with E-state index in [0.29, 0.717) is 18.0 Å². The minimum atomic E-state index is -0.333. The fourth-order valence-corrected chi connectivity index (χ4v) is 2.48. The van der Waals surface area contributed by atoms with Gasteiger partial charge < -0.3 is 5.32 Å². The second-order valence-corrected chi connectivity index (χ2v) is 5.01. The summed E-state index contributed by atoms with van der Waals surface area (Å²) in [6.45, 7) is 0.485. The van der Waals surface area contributed by atoms with Crippen LogP contribution in [0, 0.1) is 5.82 Å². The summed E-state index contributed by atoms with van der Waals surface area (Å²) in [6.07, 6.45) is 3.33. The molecule has 0 radical (unpaired) electrons. The summed E-state index contributed by atoms with van der Waals surface area (Å²) in [4.78, 5) is 0. The summed E-state index contributed by atoms with van der Waals surface area (Å²) in [5.74, 6) is 0.246. The van der Waals surface area contributed by atoms with Crippen LogP contribution < -0.4 is 5.32 Å². The first-order valence-electron chi connectivity index (χ1n) is 5.41. The van der Waals surface area contributed by atoms with E-state index < -0.39 is 0 Å². The Morgan fingerprint density at radius 2 is 2.12 bits per heavy atom. The molecule has 0 amide bonds. The van der Waals surface area contributed by atoms with E-state index >= 15 is 0 Å².